The first-order valence-electron chi connectivity index (χ1n) is 9.94. The zero-order valence-corrected chi connectivity index (χ0v) is 18.7. The molecule has 0 spiro atoms. The Labute approximate surface area is 167 Å². The maximum absolute atomic E-state index is 12.5. The second-order valence-corrected chi connectivity index (χ2v) is 15.2. The molecular weight excluding hydrogens is 378 g/mol. The molecule has 1 saturated heterocycles. The third-order valence-corrected chi connectivity index (χ3v) is 7.35. The number of aromatic amines is 1. The molecule has 0 aromatic carbocycles. The fourth-order valence-corrected chi connectivity index (χ4v) is 4.73. The van der Waals surface area contributed by atoms with Gasteiger partial charge in [0.15, 0.2) is 0 Å². The molecule has 0 unspecified atom stereocenters. The Hall–Kier alpha value is -1.08. The summed E-state index contributed by atoms with van der Waals surface area (Å²) in [6.45, 7) is 13.5. The van der Waals surface area contributed by atoms with Crippen molar-refractivity contribution in [3.63, 3.8) is 0 Å². The van der Waals surface area contributed by atoms with Crippen molar-refractivity contribution in [3.05, 3.63) is 33.3 Å². The summed E-state index contributed by atoms with van der Waals surface area (Å²) in [6.07, 6.45) is 4.11. The number of pyridine rings is 1. The Morgan fingerprint density at radius 3 is 2.85 bits per heavy atom. The Morgan fingerprint density at radius 1 is 1.37 bits per heavy atom. The molecule has 150 valence electrons. The first-order chi connectivity index (χ1) is 12.7. The van der Waals surface area contributed by atoms with Crippen LogP contribution in [0.2, 0.25) is 30.7 Å². The molecule has 1 fully saturated rings. The van der Waals surface area contributed by atoms with Crippen LogP contribution >= 0.6 is 11.6 Å². The van der Waals surface area contributed by atoms with Crippen LogP contribution in [-0.2, 0) is 18.0 Å². The largest absolute Gasteiger partial charge is 0.361 e. The highest BCUT2D eigenvalue weighted by Crippen LogP contribution is 2.26. The molecule has 1 aliphatic heterocycles. The minimum Gasteiger partial charge on any atom is -0.361 e. The maximum Gasteiger partial charge on any atom is 0.272 e. The molecule has 1 atom stereocenters. The van der Waals surface area contributed by atoms with Crippen molar-refractivity contribution >= 4 is 30.6 Å². The first kappa shape index (κ1) is 20.6. The number of likely N-dealkylation sites (tertiary alicyclic amines) is 1. The van der Waals surface area contributed by atoms with Crippen molar-refractivity contribution in [2.75, 3.05) is 19.7 Å². The standard InChI is InChI=1S/C20H32ClN3O2Si/c1-15-6-5-7-23(12-15)13-16-10-17-18(21)11-22-20(25)19(17)24(16)14-26-8-9-27(2,3)4/h10-11,15H,5-9,12-14H2,1-4H3,(H,22,25)/t15-/m0/s1. The highest BCUT2D eigenvalue weighted by atomic mass is 35.5. The zero-order chi connectivity index (χ0) is 19.6. The number of rotatable bonds is 7. The van der Waals surface area contributed by atoms with Gasteiger partial charge in [0.1, 0.15) is 12.2 Å². The van der Waals surface area contributed by atoms with Gasteiger partial charge in [-0.3, -0.25) is 9.69 Å². The Balaban J connectivity index is 1.85. The number of piperidine rings is 1. The fraction of sp³-hybridized carbons (Fsp3) is 0.650. The van der Waals surface area contributed by atoms with Crippen LogP contribution in [0.5, 0.6) is 0 Å². The number of nitrogens with one attached hydrogen (secondary N) is 1. The van der Waals surface area contributed by atoms with Crippen LogP contribution in [-0.4, -0.2) is 42.2 Å². The Bertz CT molecular complexity index is 840. The van der Waals surface area contributed by atoms with Gasteiger partial charge >= 0.3 is 0 Å². The van der Waals surface area contributed by atoms with Crippen molar-refractivity contribution in [1.82, 2.24) is 14.5 Å². The van der Waals surface area contributed by atoms with Crippen molar-refractivity contribution in [2.24, 2.45) is 5.92 Å². The van der Waals surface area contributed by atoms with E-state index in [9.17, 15) is 4.79 Å². The molecular formula is C20H32ClN3O2Si. The van der Waals surface area contributed by atoms with Crippen LogP contribution in [0.4, 0.5) is 0 Å². The summed E-state index contributed by atoms with van der Waals surface area (Å²) >= 11 is 6.37. The summed E-state index contributed by atoms with van der Waals surface area (Å²) < 4.78 is 8.01. The number of ether oxygens (including phenoxy) is 1. The predicted octanol–water partition coefficient (Wildman–Crippen LogP) is 4.53. The Morgan fingerprint density at radius 2 is 2.15 bits per heavy atom. The van der Waals surface area contributed by atoms with E-state index in [-0.39, 0.29) is 5.56 Å². The Kier molecular flexibility index (Phi) is 6.51. The predicted molar refractivity (Wildman–Crippen MR) is 115 cm³/mol. The number of aromatic nitrogens is 2. The molecule has 7 heteroatoms. The average Bonchev–Trinajstić information content (AvgIpc) is 2.94. The summed E-state index contributed by atoms with van der Waals surface area (Å²) in [5.41, 5.74) is 1.61. The quantitative estimate of drug-likeness (QED) is 0.540. The number of halogens is 1. The van der Waals surface area contributed by atoms with E-state index in [1.165, 1.54) is 12.8 Å². The number of fused-ring (bicyclic) bond motifs is 1. The molecule has 0 aliphatic carbocycles. The molecule has 0 radical (unpaired) electrons. The molecule has 5 nitrogen and oxygen atoms in total. The van der Waals surface area contributed by atoms with Gasteiger partial charge in [-0.05, 0) is 37.4 Å². The number of hydrogen-bond acceptors (Lipinski definition) is 3. The van der Waals surface area contributed by atoms with E-state index >= 15 is 0 Å². The normalized spacial score (nSPS) is 19.1. The number of H-pyrrole nitrogens is 1. The van der Waals surface area contributed by atoms with Gasteiger partial charge in [0.25, 0.3) is 5.56 Å². The highest BCUT2D eigenvalue weighted by molar-refractivity contribution is 6.76. The van der Waals surface area contributed by atoms with E-state index in [0.717, 1.165) is 49.3 Å². The van der Waals surface area contributed by atoms with Gasteiger partial charge in [-0.2, -0.15) is 0 Å². The molecule has 3 rings (SSSR count). The van der Waals surface area contributed by atoms with Crippen molar-refractivity contribution in [2.45, 2.75) is 58.7 Å². The van der Waals surface area contributed by atoms with Gasteiger partial charge in [0, 0.05) is 45.0 Å². The van der Waals surface area contributed by atoms with Crippen LogP contribution in [0.3, 0.4) is 0 Å². The van der Waals surface area contributed by atoms with Gasteiger partial charge in [0.2, 0.25) is 0 Å². The summed E-state index contributed by atoms with van der Waals surface area (Å²) in [5.74, 6) is 0.719. The van der Waals surface area contributed by atoms with E-state index in [1.807, 2.05) is 4.57 Å². The van der Waals surface area contributed by atoms with Gasteiger partial charge < -0.3 is 14.3 Å². The lowest BCUT2D eigenvalue weighted by atomic mass is 10.0. The summed E-state index contributed by atoms with van der Waals surface area (Å²) in [5, 5.41) is 1.40. The molecule has 27 heavy (non-hydrogen) atoms. The van der Waals surface area contributed by atoms with E-state index in [0.29, 0.717) is 17.3 Å². The van der Waals surface area contributed by atoms with Crippen LogP contribution in [0.15, 0.2) is 17.1 Å². The van der Waals surface area contributed by atoms with Crippen LogP contribution in [0.1, 0.15) is 25.5 Å². The van der Waals surface area contributed by atoms with Crippen LogP contribution in [0, 0.1) is 5.92 Å². The number of hydrogen-bond donors (Lipinski definition) is 1. The SMILES string of the molecule is C[C@H]1CCCN(Cc2cc3c(Cl)c[nH]c(=O)c3n2COCC[Si](C)(C)C)C1. The molecule has 0 bridgehead atoms. The highest BCUT2D eigenvalue weighted by Gasteiger charge is 2.21. The fourth-order valence-electron chi connectivity index (χ4n) is 3.78. The van der Waals surface area contributed by atoms with Gasteiger partial charge in [-0.1, -0.05) is 38.2 Å². The topological polar surface area (TPSA) is 50.3 Å². The van der Waals surface area contributed by atoms with Gasteiger partial charge in [-0.15, -0.1) is 0 Å². The van der Waals surface area contributed by atoms with E-state index < -0.39 is 8.07 Å². The number of nitrogens with zero attached hydrogens (tertiary/aromatic N) is 2. The van der Waals surface area contributed by atoms with Crippen molar-refractivity contribution < 1.29 is 4.74 Å². The van der Waals surface area contributed by atoms with Gasteiger partial charge in [0.05, 0.1) is 5.02 Å². The van der Waals surface area contributed by atoms with Gasteiger partial charge in [-0.25, -0.2) is 0 Å². The molecule has 0 saturated carbocycles. The smallest absolute Gasteiger partial charge is 0.272 e. The minimum absolute atomic E-state index is 0.110. The van der Waals surface area contributed by atoms with E-state index in [2.05, 4.69) is 42.5 Å². The lowest BCUT2D eigenvalue weighted by Crippen LogP contribution is -2.34. The lowest BCUT2D eigenvalue weighted by Gasteiger charge is -2.31. The summed E-state index contributed by atoms with van der Waals surface area (Å²) in [6, 6.07) is 3.18. The minimum atomic E-state index is -1.14. The molecule has 3 heterocycles. The van der Waals surface area contributed by atoms with E-state index in [4.69, 9.17) is 16.3 Å². The molecule has 0 amide bonds. The van der Waals surface area contributed by atoms with Crippen molar-refractivity contribution in [1.29, 1.82) is 0 Å². The van der Waals surface area contributed by atoms with Crippen LogP contribution < -0.4 is 5.56 Å². The molecule has 2 aromatic heterocycles. The third-order valence-electron chi connectivity index (χ3n) is 5.33. The van der Waals surface area contributed by atoms with Crippen LogP contribution in [0.25, 0.3) is 10.9 Å². The molecule has 2 aromatic rings. The first-order valence-corrected chi connectivity index (χ1v) is 14.0. The summed E-state index contributed by atoms with van der Waals surface area (Å²) in [4.78, 5) is 17.7. The maximum atomic E-state index is 12.5. The third kappa shape index (κ3) is 5.25. The zero-order valence-electron chi connectivity index (χ0n) is 17.0. The average molecular weight is 410 g/mol. The van der Waals surface area contributed by atoms with E-state index in [1.54, 1.807) is 6.20 Å². The summed E-state index contributed by atoms with van der Waals surface area (Å²) in [7, 11) is -1.14. The van der Waals surface area contributed by atoms with Crippen molar-refractivity contribution in [3.8, 4) is 0 Å². The lowest BCUT2D eigenvalue weighted by molar-refractivity contribution is 0.0848. The second-order valence-electron chi connectivity index (χ2n) is 9.12. The molecule has 1 aliphatic rings. The molecule has 1 N–H and O–H groups in total. The monoisotopic (exact) mass is 409 g/mol. The second kappa shape index (κ2) is 8.51.